The van der Waals surface area contributed by atoms with E-state index < -0.39 is 6.04 Å². The Morgan fingerprint density at radius 2 is 2.17 bits per heavy atom. The lowest BCUT2D eigenvalue weighted by atomic mass is 10.1. The molecule has 3 rings (SSSR count). The number of hydrogen-bond acceptors (Lipinski definition) is 5. The summed E-state index contributed by atoms with van der Waals surface area (Å²) in [6.07, 6.45) is 0.855. The third kappa shape index (κ3) is 2.51. The quantitative estimate of drug-likeness (QED) is 0.882. The number of hydrogen-bond donors (Lipinski definition) is 1. The highest BCUT2D eigenvalue weighted by Crippen LogP contribution is 2.52. The standard InChI is InChI=1S/C17H22N2O4S/c1-5-9(2)18-15(20)11-8-24-17-10-6-7-12(22-3)14(23-4)13(10)16(21)19(11)17/h6-7,9,11,17H,5,8H2,1-4H3,(H,18,20)/t9-,11-,17+/m0/s1. The molecular weight excluding hydrogens is 328 g/mol. The first kappa shape index (κ1) is 17.0. The van der Waals surface area contributed by atoms with E-state index in [0.29, 0.717) is 22.8 Å². The summed E-state index contributed by atoms with van der Waals surface area (Å²) in [6.45, 7) is 3.98. The Labute approximate surface area is 145 Å². The zero-order valence-corrected chi connectivity index (χ0v) is 15.1. The van der Waals surface area contributed by atoms with Crippen LogP contribution < -0.4 is 14.8 Å². The molecule has 24 heavy (non-hydrogen) atoms. The van der Waals surface area contributed by atoms with Crippen molar-refractivity contribution in [2.45, 2.75) is 37.7 Å². The SMILES string of the molecule is CC[C@H](C)NC(=O)[C@@H]1CS[C@@H]2c3ccc(OC)c(OC)c3C(=O)N21. The van der Waals surface area contributed by atoms with Crippen LogP contribution in [0.5, 0.6) is 11.5 Å². The molecule has 1 fully saturated rings. The first-order chi connectivity index (χ1) is 11.5. The van der Waals surface area contributed by atoms with Gasteiger partial charge in [-0.1, -0.05) is 13.0 Å². The van der Waals surface area contributed by atoms with Crippen molar-refractivity contribution in [2.24, 2.45) is 0 Å². The molecule has 7 heteroatoms. The van der Waals surface area contributed by atoms with Crippen molar-refractivity contribution in [2.75, 3.05) is 20.0 Å². The van der Waals surface area contributed by atoms with Gasteiger partial charge < -0.3 is 19.7 Å². The monoisotopic (exact) mass is 350 g/mol. The summed E-state index contributed by atoms with van der Waals surface area (Å²) in [5.74, 6) is 1.31. The molecule has 2 heterocycles. The van der Waals surface area contributed by atoms with Crippen LogP contribution in [0.25, 0.3) is 0 Å². The van der Waals surface area contributed by atoms with Crippen LogP contribution in [0.4, 0.5) is 0 Å². The van der Waals surface area contributed by atoms with Crippen molar-refractivity contribution in [3.8, 4) is 11.5 Å². The molecule has 1 N–H and O–H groups in total. The number of fused-ring (bicyclic) bond motifs is 3. The highest BCUT2D eigenvalue weighted by molar-refractivity contribution is 7.99. The predicted molar refractivity (Wildman–Crippen MR) is 92.6 cm³/mol. The van der Waals surface area contributed by atoms with Gasteiger partial charge in [-0.05, 0) is 19.4 Å². The molecule has 1 aromatic rings. The van der Waals surface area contributed by atoms with Crippen LogP contribution in [-0.2, 0) is 4.79 Å². The summed E-state index contributed by atoms with van der Waals surface area (Å²) in [5.41, 5.74) is 1.40. The lowest BCUT2D eigenvalue weighted by Crippen LogP contribution is -2.48. The van der Waals surface area contributed by atoms with E-state index >= 15 is 0 Å². The van der Waals surface area contributed by atoms with Gasteiger partial charge in [-0.15, -0.1) is 11.8 Å². The first-order valence-electron chi connectivity index (χ1n) is 8.03. The van der Waals surface area contributed by atoms with Gasteiger partial charge in [0.2, 0.25) is 5.91 Å². The maximum atomic E-state index is 13.0. The molecule has 2 aliphatic heterocycles. The molecule has 3 atom stereocenters. The summed E-state index contributed by atoms with van der Waals surface area (Å²) in [4.78, 5) is 27.2. The second-order valence-corrected chi connectivity index (χ2v) is 7.11. The molecule has 2 amide bonds. The third-order valence-electron chi connectivity index (χ3n) is 4.60. The van der Waals surface area contributed by atoms with E-state index in [0.717, 1.165) is 12.0 Å². The molecule has 0 unspecified atom stereocenters. The average Bonchev–Trinajstić information content (AvgIpc) is 3.14. The van der Waals surface area contributed by atoms with Crippen LogP contribution in [0.15, 0.2) is 12.1 Å². The maximum absolute atomic E-state index is 13.0. The molecule has 1 aromatic carbocycles. The summed E-state index contributed by atoms with van der Waals surface area (Å²) in [6, 6.07) is 3.34. The molecule has 0 spiro atoms. The number of carbonyl (C=O) groups excluding carboxylic acids is 2. The minimum Gasteiger partial charge on any atom is -0.493 e. The fraction of sp³-hybridized carbons (Fsp3) is 0.529. The molecular formula is C17H22N2O4S. The molecule has 0 aromatic heterocycles. The number of nitrogens with one attached hydrogen (secondary N) is 1. The summed E-state index contributed by atoms with van der Waals surface area (Å²) in [7, 11) is 3.07. The van der Waals surface area contributed by atoms with Crippen LogP contribution >= 0.6 is 11.8 Å². The Morgan fingerprint density at radius 3 is 2.79 bits per heavy atom. The van der Waals surface area contributed by atoms with Gasteiger partial charge in [-0.3, -0.25) is 9.59 Å². The normalized spacial score (nSPS) is 22.8. The minimum absolute atomic E-state index is 0.0913. The van der Waals surface area contributed by atoms with E-state index in [1.54, 1.807) is 23.8 Å². The molecule has 0 radical (unpaired) electrons. The van der Waals surface area contributed by atoms with Crippen molar-refractivity contribution >= 4 is 23.6 Å². The van der Waals surface area contributed by atoms with E-state index in [-0.39, 0.29) is 23.2 Å². The van der Waals surface area contributed by atoms with Crippen LogP contribution in [0.1, 0.15) is 41.6 Å². The summed E-state index contributed by atoms with van der Waals surface area (Å²) in [5, 5.41) is 2.84. The van der Waals surface area contributed by atoms with E-state index in [4.69, 9.17) is 9.47 Å². The highest BCUT2D eigenvalue weighted by Gasteiger charge is 2.50. The van der Waals surface area contributed by atoms with Gasteiger partial charge in [0, 0.05) is 17.4 Å². The number of methoxy groups -OCH3 is 2. The fourth-order valence-corrected chi connectivity index (χ4v) is 4.59. The van der Waals surface area contributed by atoms with Crippen LogP contribution in [0.3, 0.4) is 0 Å². The van der Waals surface area contributed by atoms with Crippen LogP contribution in [0.2, 0.25) is 0 Å². The lowest BCUT2D eigenvalue weighted by molar-refractivity contribution is -0.125. The lowest BCUT2D eigenvalue weighted by Gasteiger charge is -2.24. The van der Waals surface area contributed by atoms with Gasteiger partial charge in [0.15, 0.2) is 11.5 Å². The molecule has 2 aliphatic rings. The zero-order chi connectivity index (χ0) is 17.4. The number of carbonyl (C=O) groups is 2. The number of ether oxygens (including phenoxy) is 2. The van der Waals surface area contributed by atoms with Crippen LogP contribution in [0, 0.1) is 0 Å². The zero-order valence-electron chi connectivity index (χ0n) is 14.3. The van der Waals surface area contributed by atoms with E-state index in [1.165, 1.54) is 7.11 Å². The summed E-state index contributed by atoms with van der Waals surface area (Å²) < 4.78 is 10.7. The Kier molecular flexibility index (Phi) is 4.62. The number of nitrogens with zero attached hydrogens (tertiary/aromatic N) is 1. The fourth-order valence-electron chi connectivity index (χ4n) is 3.13. The molecule has 0 saturated carbocycles. The Balaban J connectivity index is 1.93. The Hall–Kier alpha value is -1.89. The van der Waals surface area contributed by atoms with Crippen LogP contribution in [-0.4, -0.2) is 48.8 Å². The molecule has 6 nitrogen and oxygen atoms in total. The molecule has 130 valence electrons. The predicted octanol–water partition coefficient (Wildman–Crippen LogP) is 2.19. The van der Waals surface area contributed by atoms with Crippen molar-refractivity contribution in [3.05, 3.63) is 23.3 Å². The molecule has 0 bridgehead atoms. The second-order valence-electron chi connectivity index (χ2n) is 6.00. The summed E-state index contributed by atoms with van der Waals surface area (Å²) >= 11 is 1.61. The largest absolute Gasteiger partial charge is 0.493 e. The van der Waals surface area contributed by atoms with Gasteiger partial charge in [0.25, 0.3) is 5.91 Å². The van der Waals surface area contributed by atoms with E-state index in [2.05, 4.69) is 5.32 Å². The van der Waals surface area contributed by atoms with E-state index in [9.17, 15) is 9.59 Å². The topological polar surface area (TPSA) is 67.9 Å². The maximum Gasteiger partial charge on any atom is 0.260 e. The second kappa shape index (κ2) is 6.55. The van der Waals surface area contributed by atoms with Gasteiger partial charge >= 0.3 is 0 Å². The smallest absolute Gasteiger partial charge is 0.260 e. The van der Waals surface area contributed by atoms with Gasteiger partial charge in [-0.2, -0.15) is 0 Å². The van der Waals surface area contributed by atoms with Crippen molar-refractivity contribution in [1.82, 2.24) is 10.2 Å². The number of thioether (sulfide) groups is 1. The molecule has 1 saturated heterocycles. The Bertz CT molecular complexity index is 679. The minimum atomic E-state index is -0.454. The van der Waals surface area contributed by atoms with Crippen molar-refractivity contribution in [1.29, 1.82) is 0 Å². The first-order valence-corrected chi connectivity index (χ1v) is 9.07. The van der Waals surface area contributed by atoms with Crippen molar-refractivity contribution in [3.63, 3.8) is 0 Å². The van der Waals surface area contributed by atoms with Crippen molar-refractivity contribution < 1.29 is 19.1 Å². The van der Waals surface area contributed by atoms with Gasteiger partial charge in [0.1, 0.15) is 11.4 Å². The van der Waals surface area contributed by atoms with Gasteiger partial charge in [0.05, 0.1) is 19.8 Å². The number of amides is 2. The highest BCUT2D eigenvalue weighted by atomic mass is 32.2. The Morgan fingerprint density at radius 1 is 1.42 bits per heavy atom. The van der Waals surface area contributed by atoms with E-state index in [1.807, 2.05) is 26.0 Å². The average molecular weight is 350 g/mol. The third-order valence-corrected chi connectivity index (χ3v) is 5.90. The molecule has 0 aliphatic carbocycles. The number of benzene rings is 1. The number of rotatable bonds is 5. The van der Waals surface area contributed by atoms with Gasteiger partial charge in [-0.25, -0.2) is 0 Å².